The van der Waals surface area contributed by atoms with Crippen LogP contribution in [0.3, 0.4) is 0 Å². The number of nitrogens with zero attached hydrogens (tertiary/aromatic N) is 10. The van der Waals surface area contributed by atoms with Gasteiger partial charge in [-0.05, 0) is 99.5 Å². The number of carbonyl (C=O) groups is 2. The van der Waals surface area contributed by atoms with Gasteiger partial charge in [0.2, 0.25) is 15.0 Å². The smallest absolute Gasteiger partial charge is 0.410 e. The van der Waals surface area contributed by atoms with Crippen LogP contribution in [0, 0.1) is 13.8 Å². The second kappa shape index (κ2) is 20.6. The van der Waals surface area contributed by atoms with Gasteiger partial charge in [0.25, 0.3) is 0 Å². The number of piperidine rings is 2. The summed E-state index contributed by atoms with van der Waals surface area (Å²) in [5.41, 5.74) is 7.98. The zero-order valence-corrected chi connectivity index (χ0v) is 42.3. The third-order valence-corrected chi connectivity index (χ3v) is 12.9. The first-order valence-electron chi connectivity index (χ1n) is 22.8. The molecule has 0 atom stereocenters. The molecule has 16 nitrogen and oxygen atoms in total. The molecule has 18 heteroatoms. The van der Waals surface area contributed by atoms with Gasteiger partial charge in [-0.2, -0.15) is 0 Å². The fraction of sp³-hybridized carbons (Fsp3) is 0.440. The molecule has 0 N–H and O–H groups in total. The monoisotopic (exact) mass is 962 g/mol. The molecule has 68 heavy (non-hydrogen) atoms. The molecule has 2 aromatic carbocycles. The zero-order chi connectivity index (χ0) is 49.0. The predicted octanol–water partition coefficient (Wildman–Crippen LogP) is 9.90. The molecule has 360 valence electrons. The van der Waals surface area contributed by atoms with Crippen molar-refractivity contribution in [2.45, 2.75) is 115 Å². The molecule has 6 heterocycles. The highest BCUT2D eigenvalue weighted by atomic mass is 32.2. The third-order valence-electron chi connectivity index (χ3n) is 11.5. The number of hydrogen-bond donors (Lipinski definition) is 0. The van der Waals surface area contributed by atoms with E-state index in [9.17, 15) is 18.0 Å². The van der Waals surface area contributed by atoms with E-state index < -0.39 is 21.0 Å². The Labute approximate surface area is 403 Å². The third kappa shape index (κ3) is 12.3. The minimum Gasteiger partial charge on any atom is -0.444 e. The quantitative estimate of drug-likeness (QED) is 0.104. The Morgan fingerprint density at radius 3 is 1.38 bits per heavy atom. The van der Waals surface area contributed by atoms with Gasteiger partial charge in [0, 0.05) is 68.0 Å². The molecule has 2 saturated heterocycles. The van der Waals surface area contributed by atoms with E-state index in [-0.39, 0.29) is 29.4 Å². The number of ether oxygens (including phenoxy) is 2. The fourth-order valence-corrected chi connectivity index (χ4v) is 9.03. The van der Waals surface area contributed by atoms with Gasteiger partial charge >= 0.3 is 12.2 Å². The van der Waals surface area contributed by atoms with Crippen LogP contribution in [-0.2, 0) is 19.3 Å². The van der Waals surface area contributed by atoms with Gasteiger partial charge in [0.15, 0.2) is 5.16 Å². The van der Waals surface area contributed by atoms with E-state index in [4.69, 9.17) is 24.4 Å². The van der Waals surface area contributed by atoms with Crippen molar-refractivity contribution in [1.29, 1.82) is 0 Å². The van der Waals surface area contributed by atoms with Crippen LogP contribution >= 0.6 is 11.8 Å². The molecular weight excluding hydrogens is 901 g/mol. The zero-order valence-electron chi connectivity index (χ0n) is 40.6. The summed E-state index contributed by atoms with van der Waals surface area (Å²) in [7, 11) is -3.58. The normalized spacial score (nSPS) is 15.1. The van der Waals surface area contributed by atoms with E-state index in [1.54, 1.807) is 28.4 Å². The maximum Gasteiger partial charge on any atom is 0.410 e. The lowest BCUT2D eigenvalue weighted by Gasteiger charge is -2.34. The van der Waals surface area contributed by atoms with Crippen molar-refractivity contribution in [2.24, 2.45) is 0 Å². The van der Waals surface area contributed by atoms with Gasteiger partial charge in [0.05, 0.1) is 46.8 Å². The van der Waals surface area contributed by atoms with Crippen molar-refractivity contribution in [3.63, 3.8) is 0 Å². The fourth-order valence-electron chi connectivity index (χ4n) is 8.16. The van der Waals surface area contributed by atoms with Gasteiger partial charge in [-0.25, -0.2) is 47.9 Å². The Morgan fingerprint density at radius 2 is 1.00 bits per heavy atom. The summed E-state index contributed by atoms with van der Waals surface area (Å²) in [4.78, 5) is 55.5. The van der Waals surface area contributed by atoms with Crippen LogP contribution in [0.15, 0.2) is 96.0 Å². The van der Waals surface area contributed by atoms with E-state index in [1.807, 2.05) is 91.4 Å². The van der Waals surface area contributed by atoms with Crippen LogP contribution < -0.4 is 0 Å². The second-order valence-corrected chi connectivity index (χ2v) is 21.9. The molecule has 2 aliphatic heterocycles. The highest BCUT2D eigenvalue weighted by Gasteiger charge is 2.32. The van der Waals surface area contributed by atoms with Crippen molar-refractivity contribution < 1.29 is 27.5 Å². The lowest BCUT2D eigenvalue weighted by Crippen LogP contribution is -2.42. The minimum atomic E-state index is -3.58. The molecular formula is C50H62N10O6S2. The molecule has 8 rings (SSSR count). The van der Waals surface area contributed by atoms with Crippen LogP contribution in [0.1, 0.15) is 90.4 Å². The van der Waals surface area contributed by atoms with Crippen LogP contribution in [0.5, 0.6) is 0 Å². The average molecular weight is 963 g/mol. The number of aryl methyl sites for hydroxylation is 2. The Bertz CT molecular complexity index is 2820. The van der Waals surface area contributed by atoms with E-state index in [2.05, 4.69) is 55.3 Å². The summed E-state index contributed by atoms with van der Waals surface area (Å²) in [5.74, 6) is 0. The number of amides is 2. The topological polar surface area (TPSA) is 180 Å². The van der Waals surface area contributed by atoms with Gasteiger partial charge < -0.3 is 28.4 Å². The molecule has 0 saturated carbocycles. The van der Waals surface area contributed by atoms with Crippen LogP contribution in [0.25, 0.3) is 45.3 Å². The molecule has 0 bridgehead atoms. The molecule has 6 aromatic rings. The predicted molar refractivity (Wildman–Crippen MR) is 264 cm³/mol. The number of sulfone groups is 1. The molecule has 2 fully saturated rings. The van der Waals surface area contributed by atoms with E-state index in [1.165, 1.54) is 23.5 Å². The standard InChI is InChI=1S/C25H31N5O4S.C25H31N5O2S/c1-17-6-8-18(9-7-17)21-22(20-10-13-26-23(28-20)35(5,32)33)30(16-27-21)19-11-14-29(15-12-19)24(31)34-25(2,3)4;1-17-6-8-18(9-7-17)21-22(20-10-13-26-23(28-20)33-5)30(16-27-21)19-11-14-29(15-12-19)24(31)32-25(2,3)4/h6-10,13,16,19H,11-12,14-15H2,1-5H3;6-10,13,16,19H,11-12,14-15H2,1-5H3. The minimum absolute atomic E-state index is 0.0621. The Balaban J connectivity index is 0.000000202. The number of benzene rings is 2. The molecule has 0 radical (unpaired) electrons. The summed E-state index contributed by atoms with van der Waals surface area (Å²) >= 11 is 1.52. The first-order chi connectivity index (χ1) is 32.2. The first kappa shape index (κ1) is 49.8. The van der Waals surface area contributed by atoms with Crippen molar-refractivity contribution in [3.05, 3.63) is 96.8 Å². The molecule has 0 unspecified atom stereocenters. The Kier molecular flexibility index (Phi) is 15.1. The van der Waals surface area contributed by atoms with Gasteiger partial charge in [-0.3, -0.25) is 0 Å². The van der Waals surface area contributed by atoms with Crippen molar-refractivity contribution in [3.8, 4) is 45.3 Å². The maximum absolute atomic E-state index is 12.5. The summed E-state index contributed by atoms with van der Waals surface area (Å²) in [6, 6.07) is 20.4. The number of aromatic nitrogens is 8. The number of hydrogen-bond acceptors (Lipinski definition) is 13. The van der Waals surface area contributed by atoms with Crippen molar-refractivity contribution >= 4 is 33.8 Å². The number of likely N-dealkylation sites (tertiary alicyclic amines) is 2. The molecule has 2 aliphatic rings. The SMILES string of the molecule is CSc1nccc(-c2c(-c3ccc(C)cc3)ncn2C2CCN(C(=O)OC(C)(C)C)CC2)n1.Cc1ccc(-c2ncn(C3CCN(C(=O)OC(C)(C)C)CC3)c2-c2ccnc(S(C)(=O)=O)n2)cc1. The molecule has 4 aromatic heterocycles. The maximum atomic E-state index is 12.5. The van der Waals surface area contributed by atoms with Crippen LogP contribution in [-0.4, -0.2) is 119 Å². The molecule has 0 aliphatic carbocycles. The van der Waals surface area contributed by atoms with Gasteiger partial charge in [-0.15, -0.1) is 0 Å². The van der Waals surface area contributed by atoms with E-state index in [0.29, 0.717) is 44.7 Å². The van der Waals surface area contributed by atoms with Crippen LogP contribution in [0.4, 0.5) is 9.59 Å². The van der Waals surface area contributed by atoms with Crippen molar-refractivity contribution in [1.82, 2.24) is 48.8 Å². The molecule has 2 amide bonds. The average Bonchev–Trinajstić information content (AvgIpc) is 3.95. The Hall–Kier alpha value is -6.14. The van der Waals surface area contributed by atoms with E-state index >= 15 is 0 Å². The summed E-state index contributed by atoms with van der Waals surface area (Å²) < 4.78 is 39.6. The summed E-state index contributed by atoms with van der Waals surface area (Å²) in [6.07, 6.45) is 12.5. The summed E-state index contributed by atoms with van der Waals surface area (Å²) in [5, 5.41) is 0.507. The highest BCUT2D eigenvalue weighted by molar-refractivity contribution is 7.98. The first-order valence-corrected chi connectivity index (χ1v) is 25.9. The number of rotatable bonds is 8. The Morgan fingerprint density at radius 1 is 0.603 bits per heavy atom. The second-order valence-electron chi connectivity index (χ2n) is 19.3. The lowest BCUT2D eigenvalue weighted by atomic mass is 10.0. The number of carbonyl (C=O) groups excluding carboxylic acids is 2. The summed E-state index contributed by atoms with van der Waals surface area (Å²) in [6.45, 7) is 17.8. The van der Waals surface area contributed by atoms with Gasteiger partial charge in [0.1, 0.15) is 11.2 Å². The number of imidazole rings is 2. The van der Waals surface area contributed by atoms with Crippen molar-refractivity contribution in [2.75, 3.05) is 38.7 Å². The molecule has 0 spiro atoms. The lowest BCUT2D eigenvalue weighted by molar-refractivity contribution is 0.0178. The van der Waals surface area contributed by atoms with E-state index in [0.717, 1.165) is 69.4 Å². The van der Waals surface area contributed by atoms with Crippen LogP contribution in [0.2, 0.25) is 0 Å². The number of thioether (sulfide) groups is 1. The van der Waals surface area contributed by atoms with Gasteiger partial charge in [-0.1, -0.05) is 71.4 Å². The highest BCUT2D eigenvalue weighted by Crippen LogP contribution is 2.38. The largest absolute Gasteiger partial charge is 0.444 e.